The third-order valence-electron chi connectivity index (χ3n) is 16.4. The molecule has 102 heavy (non-hydrogen) atoms. The van der Waals surface area contributed by atoms with E-state index in [9.17, 15) is 43.2 Å². The molecule has 17 nitrogen and oxygen atoms in total. The largest absolute Gasteiger partial charge is 0.472 e. The molecule has 0 aliphatic rings. The topological polar surface area (TPSA) is 237 Å². The van der Waals surface area contributed by atoms with Crippen LogP contribution in [-0.4, -0.2) is 96.7 Å². The SMILES string of the molecule is CCCCC/C=C\C/C=C\C/C=C\C/C=C\CCCC(=O)OC[C@H](COP(=O)(O)OC[C@@H](O)COP(=O)(O)OC[C@@H](COC(=O)CCCCCCC/C=C\C=C/CCCCCC)OC(=O)CCCCCCCCCCCCCCC)OC(=O)CCC/C=C\C/C=C\C/C=C\C/C=C\CCCCC. The molecule has 5 atom stereocenters. The first kappa shape index (κ1) is 97.5. The second-order valence-corrected chi connectivity index (χ2v) is 29.2. The van der Waals surface area contributed by atoms with Gasteiger partial charge in [0.15, 0.2) is 12.2 Å². The first-order chi connectivity index (χ1) is 49.7. The predicted octanol–water partition coefficient (Wildman–Crippen LogP) is 23.1. The Morgan fingerprint density at radius 1 is 0.284 bits per heavy atom. The normalized spacial score (nSPS) is 14.5. The van der Waals surface area contributed by atoms with Gasteiger partial charge in [0.25, 0.3) is 0 Å². The lowest BCUT2D eigenvalue weighted by molar-refractivity contribution is -0.161. The quantitative estimate of drug-likeness (QED) is 0.0128. The molecule has 0 spiro atoms. The van der Waals surface area contributed by atoms with Crippen LogP contribution in [0, 0.1) is 0 Å². The molecule has 586 valence electrons. The van der Waals surface area contributed by atoms with Crippen molar-refractivity contribution >= 4 is 39.5 Å². The second kappa shape index (κ2) is 74.7. The Kier molecular flexibility index (Phi) is 71.4. The summed E-state index contributed by atoms with van der Waals surface area (Å²) < 4.78 is 68.4. The minimum atomic E-state index is -5.00. The average molecular weight is 1470 g/mol. The number of ether oxygens (including phenoxy) is 4. The van der Waals surface area contributed by atoms with Crippen molar-refractivity contribution in [3.05, 3.63) is 122 Å². The predicted molar refractivity (Wildman–Crippen MR) is 418 cm³/mol. The highest BCUT2D eigenvalue weighted by atomic mass is 31.2. The zero-order valence-electron chi connectivity index (χ0n) is 64.0. The summed E-state index contributed by atoms with van der Waals surface area (Å²) in [5.74, 6) is -2.32. The fraction of sp³-hybridized carbons (Fsp3) is 0.711. The van der Waals surface area contributed by atoms with Gasteiger partial charge >= 0.3 is 39.5 Å². The zero-order valence-corrected chi connectivity index (χ0v) is 65.8. The lowest BCUT2D eigenvalue weighted by Gasteiger charge is -2.21. The summed E-state index contributed by atoms with van der Waals surface area (Å²) in [4.78, 5) is 72.9. The molecule has 3 N–H and O–H groups in total. The lowest BCUT2D eigenvalue weighted by atomic mass is 10.0. The molecule has 0 heterocycles. The van der Waals surface area contributed by atoms with Crippen molar-refractivity contribution in [3.63, 3.8) is 0 Å². The van der Waals surface area contributed by atoms with E-state index >= 15 is 0 Å². The summed E-state index contributed by atoms with van der Waals surface area (Å²) in [5.41, 5.74) is 0. The first-order valence-corrected chi connectivity index (χ1v) is 42.8. The number of esters is 4. The van der Waals surface area contributed by atoms with Crippen molar-refractivity contribution in [2.24, 2.45) is 0 Å². The fourth-order valence-corrected chi connectivity index (χ4v) is 11.9. The van der Waals surface area contributed by atoms with Gasteiger partial charge < -0.3 is 33.8 Å². The van der Waals surface area contributed by atoms with Crippen LogP contribution < -0.4 is 0 Å². The van der Waals surface area contributed by atoms with E-state index in [0.29, 0.717) is 38.5 Å². The third-order valence-corrected chi connectivity index (χ3v) is 18.3. The molecule has 2 unspecified atom stereocenters. The Morgan fingerprint density at radius 2 is 0.520 bits per heavy atom. The van der Waals surface area contributed by atoms with Gasteiger partial charge in [0.2, 0.25) is 0 Å². The van der Waals surface area contributed by atoms with Crippen molar-refractivity contribution in [2.45, 2.75) is 341 Å². The van der Waals surface area contributed by atoms with Crippen molar-refractivity contribution < 1.29 is 80.2 Å². The van der Waals surface area contributed by atoms with Gasteiger partial charge in [-0.15, -0.1) is 0 Å². The number of carbonyl (C=O) groups is 4. The first-order valence-electron chi connectivity index (χ1n) is 39.8. The Balaban J connectivity index is 5.46. The molecule has 19 heteroatoms. The molecular formula is C83H142O17P2. The van der Waals surface area contributed by atoms with Crippen LogP contribution in [0.5, 0.6) is 0 Å². The maximum absolute atomic E-state index is 13.1. The summed E-state index contributed by atoms with van der Waals surface area (Å²) in [6.45, 7) is 4.67. The summed E-state index contributed by atoms with van der Waals surface area (Å²) >= 11 is 0. The molecular weight excluding hydrogens is 1330 g/mol. The molecule has 0 amide bonds. The van der Waals surface area contributed by atoms with Gasteiger partial charge in [-0.1, -0.05) is 290 Å². The molecule has 0 aromatic carbocycles. The van der Waals surface area contributed by atoms with E-state index in [0.717, 1.165) is 116 Å². The van der Waals surface area contributed by atoms with E-state index in [4.69, 9.17) is 37.0 Å². The number of carbonyl (C=O) groups excluding carboxylic acids is 4. The molecule has 0 saturated carbocycles. The summed E-state index contributed by atoms with van der Waals surface area (Å²) in [7, 11) is -9.99. The van der Waals surface area contributed by atoms with Crippen LogP contribution in [-0.2, 0) is 65.4 Å². The lowest BCUT2D eigenvalue weighted by Crippen LogP contribution is -2.30. The van der Waals surface area contributed by atoms with Gasteiger partial charge in [-0.05, 0) is 128 Å². The minimum Gasteiger partial charge on any atom is -0.462 e. The van der Waals surface area contributed by atoms with Crippen molar-refractivity contribution in [1.82, 2.24) is 0 Å². The van der Waals surface area contributed by atoms with Gasteiger partial charge in [-0.2, -0.15) is 0 Å². The number of rotatable bonds is 74. The Morgan fingerprint density at radius 3 is 0.873 bits per heavy atom. The molecule has 0 aliphatic carbocycles. The highest BCUT2D eigenvalue weighted by Crippen LogP contribution is 2.45. The average Bonchev–Trinajstić information content (AvgIpc) is 0.959. The standard InChI is InChI=1S/C83H142O17P2/c1-5-9-13-17-21-25-29-33-36-38-41-45-48-52-56-60-64-68-81(86)94-74-79(100-83(88)70-66-62-58-54-50-46-42-39-37-34-30-26-22-18-14-10-6-2)76-98-102(91,92)96-72-77(84)71-95-101(89,90)97-75-78(99-82(87)69-65-61-57-53-49-43-32-28-24-20-16-12-8-4)73-93-80(85)67-63-59-55-51-47-44-40-35-31-27-23-19-15-11-7-3/h21-22,25-27,31,33-37,40-42,45-46,52,54,56,58,77-79,84H,5-20,23-24,28-30,32,38-39,43-44,47-51,53,55,57,59-76H2,1-4H3,(H,89,90)(H,91,92)/b25-21-,26-22-,31-27-,36-33-,37-34-,40-35-,45-41-,46-42-,56-52-,58-54-/t77-,78+,79+/m0/s1. The number of allylic oxidation sites excluding steroid dienone is 20. The maximum Gasteiger partial charge on any atom is 0.472 e. The Hall–Kier alpha value is -4.54. The molecule has 0 aromatic rings. The van der Waals surface area contributed by atoms with E-state index < -0.39 is 97.5 Å². The summed E-state index contributed by atoms with van der Waals surface area (Å²) in [6.07, 6.45) is 81.9. The Bertz CT molecular complexity index is 2410. The van der Waals surface area contributed by atoms with E-state index in [1.807, 2.05) is 24.3 Å². The smallest absolute Gasteiger partial charge is 0.462 e. The number of hydrogen-bond acceptors (Lipinski definition) is 15. The van der Waals surface area contributed by atoms with E-state index in [1.165, 1.54) is 116 Å². The highest BCUT2D eigenvalue weighted by molar-refractivity contribution is 7.47. The van der Waals surface area contributed by atoms with E-state index in [1.54, 1.807) is 0 Å². The number of phosphoric ester groups is 2. The van der Waals surface area contributed by atoms with Gasteiger partial charge in [-0.25, -0.2) is 9.13 Å². The van der Waals surface area contributed by atoms with Crippen LogP contribution in [0.25, 0.3) is 0 Å². The second-order valence-electron chi connectivity index (χ2n) is 26.3. The molecule has 0 radical (unpaired) electrons. The fourth-order valence-electron chi connectivity index (χ4n) is 10.3. The van der Waals surface area contributed by atoms with Crippen LogP contribution in [0.2, 0.25) is 0 Å². The van der Waals surface area contributed by atoms with Crippen molar-refractivity contribution in [2.75, 3.05) is 39.6 Å². The van der Waals surface area contributed by atoms with E-state index in [-0.39, 0.29) is 25.7 Å². The Labute approximate surface area is 619 Å². The molecule has 0 saturated heterocycles. The number of unbranched alkanes of at least 4 members (excludes halogenated alkanes) is 29. The van der Waals surface area contributed by atoms with Crippen LogP contribution in [0.15, 0.2) is 122 Å². The van der Waals surface area contributed by atoms with Gasteiger partial charge in [0.05, 0.1) is 26.4 Å². The molecule has 0 fully saturated rings. The van der Waals surface area contributed by atoms with Crippen LogP contribution in [0.3, 0.4) is 0 Å². The maximum atomic E-state index is 13.1. The zero-order chi connectivity index (χ0) is 74.6. The monoisotopic (exact) mass is 1470 g/mol. The highest BCUT2D eigenvalue weighted by Gasteiger charge is 2.30. The van der Waals surface area contributed by atoms with E-state index in [2.05, 4.69) is 125 Å². The van der Waals surface area contributed by atoms with Gasteiger partial charge in [0.1, 0.15) is 19.3 Å². The molecule has 0 aliphatic heterocycles. The molecule has 0 bridgehead atoms. The number of phosphoric acid groups is 2. The van der Waals surface area contributed by atoms with Crippen LogP contribution >= 0.6 is 15.6 Å². The number of aliphatic hydroxyl groups is 1. The van der Waals surface area contributed by atoms with Gasteiger partial charge in [0, 0.05) is 25.7 Å². The van der Waals surface area contributed by atoms with Crippen molar-refractivity contribution in [1.29, 1.82) is 0 Å². The summed E-state index contributed by atoms with van der Waals surface area (Å²) in [5, 5.41) is 10.6. The van der Waals surface area contributed by atoms with Crippen LogP contribution in [0.4, 0.5) is 0 Å². The molecule has 0 rings (SSSR count). The minimum absolute atomic E-state index is 0.00532. The van der Waals surface area contributed by atoms with Gasteiger partial charge in [-0.3, -0.25) is 37.3 Å². The van der Waals surface area contributed by atoms with Crippen LogP contribution in [0.1, 0.15) is 323 Å². The third kappa shape index (κ3) is 73.8. The number of hydrogen-bond donors (Lipinski definition) is 3. The van der Waals surface area contributed by atoms with Crippen molar-refractivity contribution in [3.8, 4) is 0 Å². The molecule has 0 aromatic heterocycles. The number of aliphatic hydroxyl groups excluding tert-OH is 1. The summed E-state index contributed by atoms with van der Waals surface area (Å²) in [6, 6.07) is 0.